The fourth-order valence-corrected chi connectivity index (χ4v) is 2.49. The topological polar surface area (TPSA) is 64.4 Å². The first-order chi connectivity index (χ1) is 9.86. The molecule has 0 atom stereocenters. The number of aromatic carboxylic acids is 1. The number of hydrogen-bond acceptors (Lipinski definition) is 3. The van der Waals surface area contributed by atoms with Crippen LogP contribution < -0.4 is 0 Å². The molecule has 1 aromatic carbocycles. The van der Waals surface area contributed by atoms with E-state index in [-0.39, 0.29) is 11.0 Å². The van der Waals surface area contributed by atoms with Crippen LogP contribution in [0.4, 0.5) is 0 Å². The number of methoxy groups -OCH3 is 1. The maximum absolute atomic E-state index is 11.4. The van der Waals surface area contributed by atoms with Crippen molar-refractivity contribution < 1.29 is 14.6 Å². The third-order valence-corrected chi connectivity index (χ3v) is 3.41. The molecule has 0 radical (unpaired) electrons. The number of hydrogen-bond donors (Lipinski definition) is 1. The molecule has 2 aromatic rings. The Balaban J connectivity index is 2.61. The normalized spacial score (nSPS) is 12.0. The van der Waals surface area contributed by atoms with Gasteiger partial charge in [-0.1, -0.05) is 26.8 Å². The lowest BCUT2D eigenvalue weighted by molar-refractivity contribution is 0.0699. The summed E-state index contributed by atoms with van der Waals surface area (Å²) >= 11 is 0. The van der Waals surface area contributed by atoms with Crippen LogP contribution >= 0.6 is 0 Å². The van der Waals surface area contributed by atoms with Crippen molar-refractivity contribution >= 4 is 17.0 Å². The number of para-hydroxylation sites is 1. The number of benzene rings is 1. The van der Waals surface area contributed by atoms with E-state index in [4.69, 9.17) is 4.74 Å². The summed E-state index contributed by atoms with van der Waals surface area (Å²) in [6, 6.07) is 5.30. The number of carbonyl (C=O) groups is 1. The SMILES string of the molecule is COCCCn1c(C(C)(C)C)nc2c(C(=O)O)cccc21. The second kappa shape index (κ2) is 5.85. The number of ether oxygens (including phenoxy) is 1. The Morgan fingerprint density at radius 1 is 1.38 bits per heavy atom. The lowest BCUT2D eigenvalue weighted by Crippen LogP contribution is -2.19. The Bertz CT molecular complexity index is 653. The fraction of sp³-hybridized carbons (Fsp3) is 0.500. The molecular weight excluding hydrogens is 268 g/mol. The predicted octanol–water partition coefficient (Wildman–Crippen LogP) is 3.07. The van der Waals surface area contributed by atoms with Gasteiger partial charge in [0.15, 0.2) is 0 Å². The van der Waals surface area contributed by atoms with Crippen molar-refractivity contribution in [2.75, 3.05) is 13.7 Å². The van der Waals surface area contributed by atoms with Crippen LogP contribution in [0.1, 0.15) is 43.4 Å². The summed E-state index contributed by atoms with van der Waals surface area (Å²) in [7, 11) is 1.68. The second-order valence-corrected chi connectivity index (χ2v) is 6.16. The molecule has 5 heteroatoms. The van der Waals surface area contributed by atoms with Crippen molar-refractivity contribution in [2.45, 2.75) is 39.2 Å². The highest BCUT2D eigenvalue weighted by Crippen LogP contribution is 2.28. The van der Waals surface area contributed by atoms with Gasteiger partial charge in [-0.3, -0.25) is 0 Å². The monoisotopic (exact) mass is 290 g/mol. The van der Waals surface area contributed by atoms with Crippen LogP contribution in [-0.2, 0) is 16.7 Å². The lowest BCUT2D eigenvalue weighted by atomic mass is 9.95. The van der Waals surface area contributed by atoms with Gasteiger partial charge in [0.2, 0.25) is 0 Å². The van der Waals surface area contributed by atoms with E-state index in [1.165, 1.54) is 0 Å². The minimum Gasteiger partial charge on any atom is -0.478 e. The van der Waals surface area contributed by atoms with Crippen molar-refractivity contribution in [1.29, 1.82) is 0 Å². The highest BCUT2D eigenvalue weighted by atomic mass is 16.5. The zero-order valence-electron chi connectivity index (χ0n) is 13.0. The molecule has 0 fully saturated rings. The van der Waals surface area contributed by atoms with Gasteiger partial charge >= 0.3 is 5.97 Å². The summed E-state index contributed by atoms with van der Waals surface area (Å²) < 4.78 is 7.22. The molecule has 0 bridgehead atoms. The predicted molar refractivity (Wildman–Crippen MR) is 81.9 cm³/mol. The van der Waals surface area contributed by atoms with Gasteiger partial charge in [0.1, 0.15) is 11.3 Å². The first-order valence-corrected chi connectivity index (χ1v) is 7.08. The van der Waals surface area contributed by atoms with E-state index in [0.717, 1.165) is 24.3 Å². The molecule has 0 aliphatic carbocycles. The first-order valence-electron chi connectivity index (χ1n) is 7.08. The number of rotatable bonds is 5. The molecule has 1 heterocycles. The molecule has 0 amide bonds. The van der Waals surface area contributed by atoms with Crippen molar-refractivity contribution in [3.05, 3.63) is 29.6 Å². The van der Waals surface area contributed by atoms with Crippen LogP contribution in [0.15, 0.2) is 18.2 Å². The first kappa shape index (κ1) is 15.5. The number of nitrogens with zero attached hydrogens (tertiary/aromatic N) is 2. The van der Waals surface area contributed by atoms with Gasteiger partial charge in [-0.25, -0.2) is 9.78 Å². The molecule has 0 saturated heterocycles. The van der Waals surface area contributed by atoms with E-state index in [1.54, 1.807) is 19.2 Å². The van der Waals surface area contributed by atoms with Gasteiger partial charge in [0.25, 0.3) is 0 Å². The van der Waals surface area contributed by atoms with E-state index in [2.05, 4.69) is 30.3 Å². The zero-order valence-corrected chi connectivity index (χ0v) is 13.0. The van der Waals surface area contributed by atoms with Gasteiger partial charge in [-0.15, -0.1) is 0 Å². The van der Waals surface area contributed by atoms with Gasteiger partial charge < -0.3 is 14.4 Å². The van der Waals surface area contributed by atoms with Crippen molar-refractivity contribution in [1.82, 2.24) is 9.55 Å². The zero-order chi connectivity index (χ0) is 15.6. The maximum Gasteiger partial charge on any atom is 0.337 e. The van der Waals surface area contributed by atoms with E-state index in [9.17, 15) is 9.90 Å². The third kappa shape index (κ3) is 3.08. The van der Waals surface area contributed by atoms with E-state index in [0.29, 0.717) is 12.1 Å². The summed E-state index contributed by atoms with van der Waals surface area (Å²) in [4.78, 5) is 16.0. The molecule has 0 aliphatic heterocycles. The number of carboxylic acid groups (broad SMARTS) is 1. The number of fused-ring (bicyclic) bond motifs is 1. The Morgan fingerprint density at radius 3 is 2.67 bits per heavy atom. The molecule has 0 aliphatic rings. The van der Waals surface area contributed by atoms with Crippen LogP contribution in [0.25, 0.3) is 11.0 Å². The highest BCUT2D eigenvalue weighted by molar-refractivity contribution is 6.01. The van der Waals surface area contributed by atoms with E-state index >= 15 is 0 Å². The smallest absolute Gasteiger partial charge is 0.337 e. The van der Waals surface area contributed by atoms with E-state index < -0.39 is 5.97 Å². The van der Waals surface area contributed by atoms with Crippen molar-refractivity contribution in [3.63, 3.8) is 0 Å². The maximum atomic E-state index is 11.4. The highest BCUT2D eigenvalue weighted by Gasteiger charge is 2.24. The number of imidazole rings is 1. The number of carboxylic acids is 1. The minimum atomic E-state index is -0.942. The Hall–Kier alpha value is -1.88. The minimum absolute atomic E-state index is 0.151. The summed E-state index contributed by atoms with van der Waals surface area (Å²) in [5.74, 6) is -0.0371. The molecule has 114 valence electrons. The summed E-state index contributed by atoms with van der Waals surface area (Å²) in [6.07, 6.45) is 0.863. The summed E-state index contributed by atoms with van der Waals surface area (Å²) in [6.45, 7) is 7.69. The molecule has 0 spiro atoms. The Morgan fingerprint density at radius 2 is 2.10 bits per heavy atom. The molecular formula is C16H22N2O3. The fourth-order valence-electron chi connectivity index (χ4n) is 2.49. The van der Waals surface area contributed by atoms with Crippen molar-refractivity contribution in [2.24, 2.45) is 0 Å². The van der Waals surface area contributed by atoms with Crippen LogP contribution in [0.5, 0.6) is 0 Å². The Labute approximate surface area is 124 Å². The van der Waals surface area contributed by atoms with Crippen LogP contribution in [-0.4, -0.2) is 34.3 Å². The van der Waals surface area contributed by atoms with Gasteiger partial charge in [-0.05, 0) is 18.6 Å². The van der Waals surface area contributed by atoms with Crippen LogP contribution in [0.3, 0.4) is 0 Å². The second-order valence-electron chi connectivity index (χ2n) is 6.16. The largest absolute Gasteiger partial charge is 0.478 e. The van der Waals surface area contributed by atoms with E-state index in [1.807, 2.05) is 6.07 Å². The number of aromatic nitrogens is 2. The third-order valence-electron chi connectivity index (χ3n) is 3.41. The van der Waals surface area contributed by atoms with Crippen LogP contribution in [0, 0.1) is 0 Å². The molecule has 21 heavy (non-hydrogen) atoms. The summed E-state index contributed by atoms with van der Waals surface area (Å²) in [5, 5.41) is 9.33. The molecule has 2 rings (SSSR count). The van der Waals surface area contributed by atoms with Gasteiger partial charge in [-0.2, -0.15) is 0 Å². The van der Waals surface area contributed by atoms with Gasteiger partial charge in [0, 0.05) is 25.7 Å². The molecule has 5 nitrogen and oxygen atoms in total. The molecule has 0 saturated carbocycles. The molecule has 0 unspecified atom stereocenters. The number of aryl methyl sites for hydroxylation is 1. The lowest BCUT2D eigenvalue weighted by Gasteiger charge is -2.20. The average molecular weight is 290 g/mol. The quantitative estimate of drug-likeness (QED) is 0.860. The molecule has 1 N–H and O–H groups in total. The van der Waals surface area contributed by atoms with Gasteiger partial charge in [0.05, 0.1) is 11.1 Å². The van der Waals surface area contributed by atoms with Crippen LogP contribution in [0.2, 0.25) is 0 Å². The summed E-state index contributed by atoms with van der Waals surface area (Å²) in [5.41, 5.74) is 1.54. The average Bonchev–Trinajstić information content (AvgIpc) is 2.77. The standard InChI is InChI=1S/C16H22N2O3/c1-16(2,3)15-17-13-11(14(19)20)7-5-8-12(13)18(15)9-6-10-21-4/h5,7-8H,6,9-10H2,1-4H3,(H,19,20). The Kier molecular flexibility index (Phi) is 4.32. The molecule has 1 aromatic heterocycles. The van der Waals surface area contributed by atoms with Crippen molar-refractivity contribution in [3.8, 4) is 0 Å².